The Morgan fingerprint density at radius 2 is 1.96 bits per heavy atom. The lowest BCUT2D eigenvalue weighted by Gasteiger charge is -2.46. The summed E-state index contributed by atoms with van der Waals surface area (Å²) in [6, 6.07) is 13.1. The summed E-state index contributed by atoms with van der Waals surface area (Å²) >= 11 is 0. The molecule has 1 aliphatic rings. The highest BCUT2D eigenvalue weighted by atomic mass is 16.5. The third-order valence-electron chi connectivity index (χ3n) is 4.57. The third-order valence-corrected chi connectivity index (χ3v) is 4.57. The Kier molecular flexibility index (Phi) is 4.40. The summed E-state index contributed by atoms with van der Waals surface area (Å²) in [6.07, 6.45) is 1.72. The predicted octanol–water partition coefficient (Wildman–Crippen LogP) is 3.63. The Labute approximate surface area is 147 Å². The first-order valence-electron chi connectivity index (χ1n) is 8.07. The van der Waals surface area contributed by atoms with Crippen LogP contribution < -0.4 is 14.8 Å². The number of amides is 1. The Hall–Kier alpha value is -2.95. The van der Waals surface area contributed by atoms with Gasteiger partial charge in [0.2, 0.25) is 0 Å². The Balaban J connectivity index is 2.18. The van der Waals surface area contributed by atoms with Crippen LogP contribution in [0.1, 0.15) is 22.8 Å². The molecule has 1 heterocycles. The average molecular weight is 338 g/mol. The monoisotopic (exact) mass is 338 g/mol. The largest absolute Gasteiger partial charge is 0.497 e. The van der Waals surface area contributed by atoms with Crippen LogP contribution in [0.15, 0.2) is 55.1 Å². The summed E-state index contributed by atoms with van der Waals surface area (Å²) in [5.41, 5.74) is 1.51. The molecule has 25 heavy (non-hydrogen) atoms. The first kappa shape index (κ1) is 16.9. The van der Waals surface area contributed by atoms with Crippen molar-refractivity contribution < 1.29 is 14.3 Å². The molecule has 0 radical (unpaired) electrons. The first-order chi connectivity index (χ1) is 12.0. The molecule has 1 aliphatic heterocycles. The molecule has 0 bridgehead atoms. The van der Waals surface area contributed by atoms with E-state index in [0.29, 0.717) is 23.6 Å². The molecule has 5 nitrogen and oxygen atoms in total. The van der Waals surface area contributed by atoms with Crippen LogP contribution in [0.2, 0.25) is 0 Å². The standard InChI is InChI=1S/C20H22N2O3/c1-5-12-22-19(23)15-8-6-7-9-17(15)21-20(22,2)16-11-10-14(24-3)13-18(16)25-4/h5-11,13,21H,1,12H2,2-4H3. The highest BCUT2D eigenvalue weighted by Crippen LogP contribution is 2.42. The van der Waals surface area contributed by atoms with Gasteiger partial charge < -0.3 is 19.7 Å². The SMILES string of the molecule is C=CCN1C(=O)c2ccccc2NC1(C)c1ccc(OC)cc1OC. The maximum atomic E-state index is 13.1. The number of nitrogens with zero attached hydrogens (tertiary/aromatic N) is 1. The van der Waals surface area contributed by atoms with Crippen LogP contribution in [0.4, 0.5) is 5.69 Å². The number of rotatable bonds is 5. The zero-order chi connectivity index (χ0) is 18.0. The molecular formula is C20H22N2O3. The smallest absolute Gasteiger partial charge is 0.258 e. The predicted molar refractivity (Wildman–Crippen MR) is 98.2 cm³/mol. The molecule has 2 aromatic rings. The number of hydrogen-bond acceptors (Lipinski definition) is 4. The maximum absolute atomic E-state index is 13.1. The van der Waals surface area contributed by atoms with Crippen LogP contribution in [0.5, 0.6) is 11.5 Å². The number of methoxy groups -OCH3 is 2. The number of hydrogen-bond donors (Lipinski definition) is 1. The first-order valence-corrected chi connectivity index (χ1v) is 8.07. The van der Waals surface area contributed by atoms with Crippen molar-refractivity contribution >= 4 is 11.6 Å². The van der Waals surface area contributed by atoms with Gasteiger partial charge in [-0.15, -0.1) is 6.58 Å². The summed E-state index contributed by atoms with van der Waals surface area (Å²) in [6.45, 7) is 6.18. The summed E-state index contributed by atoms with van der Waals surface area (Å²) in [7, 11) is 3.22. The van der Waals surface area contributed by atoms with Crippen molar-refractivity contribution in [2.75, 3.05) is 26.1 Å². The van der Waals surface area contributed by atoms with Gasteiger partial charge >= 0.3 is 0 Å². The molecule has 1 N–H and O–H groups in total. The zero-order valence-corrected chi connectivity index (χ0v) is 14.7. The minimum Gasteiger partial charge on any atom is -0.497 e. The fraction of sp³-hybridized carbons (Fsp3) is 0.250. The fourth-order valence-electron chi connectivity index (χ4n) is 3.26. The molecule has 130 valence electrons. The van der Waals surface area contributed by atoms with Crippen molar-refractivity contribution in [3.8, 4) is 11.5 Å². The van der Waals surface area contributed by atoms with Crippen LogP contribution in [-0.4, -0.2) is 31.6 Å². The van der Waals surface area contributed by atoms with E-state index in [1.165, 1.54) is 0 Å². The normalized spacial score (nSPS) is 19.0. The molecule has 0 saturated carbocycles. The summed E-state index contributed by atoms with van der Waals surface area (Å²) in [5.74, 6) is 1.30. The number of carbonyl (C=O) groups is 1. The Bertz CT molecular complexity index is 818. The van der Waals surface area contributed by atoms with Gasteiger partial charge in [0.25, 0.3) is 5.91 Å². The maximum Gasteiger partial charge on any atom is 0.258 e. The van der Waals surface area contributed by atoms with Gasteiger partial charge in [-0.3, -0.25) is 4.79 Å². The molecule has 0 aliphatic carbocycles. The second-order valence-corrected chi connectivity index (χ2v) is 6.01. The fourth-order valence-corrected chi connectivity index (χ4v) is 3.26. The van der Waals surface area contributed by atoms with Gasteiger partial charge in [0.05, 0.1) is 19.8 Å². The molecule has 0 aromatic heterocycles. The molecule has 1 amide bonds. The van der Waals surface area contributed by atoms with Gasteiger partial charge in [-0.25, -0.2) is 0 Å². The third kappa shape index (κ3) is 2.71. The van der Waals surface area contributed by atoms with E-state index < -0.39 is 5.66 Å². The quantitative estimate of drug-likeness (QED) is 0.846. The lowest BCUT2D eigenvalue weighted by molar-refractivity contribution is 0.0568. The van der Waals surface area contributed by atoms with E-state index in [2.05, 4.69) is 11.9 Å². The molecular weight excluding hydrogens is 316 g/mol. The minimum absolute atomic E-state index is 0.0466. The number of carbonyl (C=O) groups excluding carboxylic acids is 1. The Morgan fingerprint density at radius 3 is 2.64 bits per heavy atom. The van der Waals surface area contributed by atoms with Gasteiger partial charge in [-0.2, -0.15) is 0 Å². The lowest BCUT2D eigenvalue weighted by atomic mass is 9.92. The number of ether oxygens (including phenoxy) is 2. The van der Waals surface area contributed by atoms with Gasteiger partial charge in [0.15, 0.2) is 0 Å². The van der Waals surface area contributed by atoms with Crippen LogP contribution in [-0.2, 0) is 5.66 Å². The van der Waals surface area contributed by atoms with Crippen molar-refractivity contribution in [2.45, 2.75) is 12.6 Å². The number of para-hydroxylation sites is 1. The minimum atomic E-state index is -0.781. The van der Waals surface area contributed by atoms with Crippen molar-refractivity contribution in [1.82, 2.24) is 4.90 Å². The highest BCUT2D eigenvalue weighted by Gasteiger charge is 2.43. The molecule has 2 aromatic carbocycles. The van der Waals surface area contributed by atoms with Gasteiger partial charge in [0.1, 0.15) is 17.2 Å². The van der Waals surface area contributed by atoms with Gasteiger partial charge in [0, 0.05) is 23.9 Å². The highest BCUT2D eigenvalue weighted by molar-refractivity contribution is 6.02. The summed E-state index contributed by atoms with van der Waals surface area (Å²) in [5, 5.41) is 3.50. The van der Waals surface area contributed by atoms with Crippen LogP contribution in [0.25, 0.3) is 0 Å². The molecule has 5 heteroatoms. The summed E-state index contributed by atoms with van der Waals surface area (Å²) < 4.78 is 10.9. The van der Waals surface area contributed by atoms with E-state index in [0.717, 1.165) is 11.3 Å². The van der Waals surface area contributed by atoms with Crippen LogP contribution in [0.3, 0.4) is 0 Å². The average Bonchev–Trinajstić information content (AvgIpc) is 2.64. The van der Waals surface area contributed by atoms with E-state index in [4.69, 9.17) is 9.47 Å². The van der Waals surface area contributed by atoms with Crippen molar-refractivity contribution in [1.29, 1.82) is 0 Å². The summed E-state index contributed by atoms with van der Waals surface area (Å²) in [4.78, 5) is 14.8. The number of nitrogens with one attached hydrogen (secondary N) is 1. The van der Waals surface area contributed by atoms with Crippen LogP contribution >= 0.6 is 0 Å². The van der Waals surface area contributed by atoms with Crippen molar-refractivity contribution in [3.05, 3.63) is 66.2 Å². The second-order valence-electron chi connectivity index (χ2n) is 6.01. The van der Waals surface area contributed by atoms with E-state index in [1.807, 2.05) is 49.4 Å². The van der Waals surface area contributed by atoms with Gasteiger partial charge in [-0.05, 0) is 31.2 Å². The van der Waals surface area contributed by atoms with Crippen molar-refractivity contribution in [3.63, 3.8) is 0 Å². The lowest BCUT2D eigenvalue weighted by Crippen LogP contribution is -2.55. The molecule has 1 atom stereocenters. The number of fused-ring (bicyclic) bond motifs is 1. The van der Waals surface area contributed by atoms with E-state index in [-0.39, 0.29) is 5.91 Å². The topological polar surface area (TPSA) is 50.8 Å². The number of benzene rings is 2. The molecule has 0 fully saturated rings. The molecule has 1 unspecified atom stereocenters. The molecule has 0 saturated heterocycles. The zero-order valence-electron chi connectivity index (χ0n) is 14.7. The van der Waals surface area contributed by atoms with E-state index >= 15 is 0 Å². The van der Waals surface area contributed by atoms with E-state index in [1.54, 1.807) is 25.2 Å². The molecule has 3 rings (SSSR count). The van der Waals surface area contributed by atoms with Crippen LogP contribution in [0, 0.1) is 0 Å². The number of anilines is 1. The Morgan fingerprint density at radius 1 is 1.20 bits per heavy atom. The van der Waals surface area contributed by atoms with Gasteiger partial charge in [-0.1, -0.05) is 18.2 Å². The van der Waals surface area contributed by atoms with Crippen molar-refractivity contribution in [2.24, 2.45) is 0 Å². The molecule has 0 spiro atoms. The second kappa shape index (κ2) is 6.51. The van der Waals surface area contributed by atoms with E-state index in [9.17, 15) is 4.79 Å².